The molecule has 6 heteroatoms. The third kappa shape index (κ3) is 3.19. The van der Waals surface area contributed by atoms with Gasteiger partial charge >= 0.3 is 0 Å². The molecule has 2 heterocycles. The van der Waals surface area contributed by atoms with E-state index in [9.17, 15) is 9.18 Å². The minimum absolute atomic E-state index is 0.000347. The maximum atomic E-state index is 13.0. The molecule has 4 nitrogen and oxygen atoms in total. The molecule has 1 aliphatic rings. The predicted octanol–water partition coefficient (Wildman–Crippen LogP) is 2.28. The van der Waals surface area contributed by atoms with E-state index in [0.29, 0.717) is 13.1 Å². The summed E-state index contributed by atoms with van der Waals surface area (Å²) < 4.78 is 13.0. The summed E-state index contributed by atoms with van der Waals surface area (Å²) in [7, 11) is 0. The Morgan fingerprint density at radius 3 is 2.82 bits per heavy atom. The Morgan fingerprint density at radius 2 is 2.14 bits per heavy atom. The van der Waals surface area contributed by atoms with Gasteiger partial charge in [-0.15, -0.1) is 11.3 Å². The van der Waals surface area contributed by atoms with E-state index in [1.54, 1.807) is 23.5 Å². The van der Waals surface area contributed by atoms with Gasteiger partial charge in [0.1, 0.15) is 5.82 Å². The molecular weight excluding hydrogens is 301 g/mol. The van der Waals surface area contributed by atoms with Crippen LogP contribution in [-0.4, -0.2) is 12.5 Å². The fraction of sp³-hybridized carbons (Fsp3) is 0.312. The van der Waals surface area contributed by atoms with E-state index in [0.717, 1.165) is 5.56 Å². The van der Waals surface area contributed by atoms with Gasteiger partial charge in [-0.1, -0.05) is 12.1 Å². The molecule has 1 saturated heterocycles. The largest absolute Gasteiger partial charge is 0.351 e. The summed E-state index contributed by atoms with van der Waals surface area (Å²) in [6.07, 6.45) is 0. The lowest BCUT2D eigenvalue weighted by atomic mass is 9.94. The van der Waals surface area contributed by atoms with Gasteiger partial charge in [0.2, 0.25) is 5.91 Å². The summed E-state index contributed by atoms with van der Waals surface area (Å²) >= 11 is 1.65. The lowest BCUT2D eigenvalue weighted by molar-refractivity contribution is -0.125. The van der Waals surface area contributed by atoms with Crippen LogP contribution in [0.1, 0.15) is 22.0 Å². The molecular formula is C16H18FN3OS. The topological polar surface area (TPSA) is 53.2 Å². The SMILES string of the molecule is Cc1ccsc1CNC(=O)C1CNNC1c1ccc(F)cc1. The number of carbonyl (C=O) groups excluding carboxylic acids is 1. The molecule has 0 aliphatic carbocycles. The first-order valence-corrected chi connectivity index (χ1v) is 8.07. The summed E-state index contributed by atoms with van der Waals surface area (Å²) in [6.45, 7) is 3.14. The smallest absolute Gasteiger partial charge is 0.226 e. The monoisotopic (exact) mass is 319 g/mol. The normalized spacial score (nSPS) is 21.0. The molecule has 1 aromatic heterocycles. The van der Waals surface area contributed by atoms with Crippen molar-refractivity contribution in [1.82, 2.24) is 16.2 Å². The van der Waals surface area contributed by atoms with Crippen molar-refractivity contribution < 1.29 is 9.18 Å². The molecule has 0 bridgehead atoms. The summed E-state index contributed by atoms with van der Waals surface area (Å²) in [5, 5.41) is 5.02. The van der Waals surface area contributed by atoms with Gasteiger partial charge in [0.15, 0.2) is 0 Å². The van der Waals surface area contributed by atoms with Crippen molar-refractivity contribution in [2.75, 3.05) is 6.54 Å². The van der Waals surface area contributed by atoms with Gasteiger partial charge < -0.3 is 5.32 Å². The van der Waals surface area contributed by atoms with Crippen LogP contribution in [0.2, 0.25) is 0 Å². The van der Waals surface area contributed by atoms with Crippen LogP contribution in [0.3, 0.4) is 0 Å². The van der Waals surface area contributed by atoms with E-state index < -0.39 is 0 Å². The van der Waals surface area contributed by atoms with Crippen molar-refractivity contribution >= 4 is 17.2 Å². The number of thiophene rings is 1. The van der Waals surface area contributed by atoms with Crippen molar-refractivity contribution in [1.29, 1.82) is 0 Å². The zero-order valence-corrected chi connectivity index (χ0v) is 13.0. The number of nitrogens with one attached hydrogen (secondary N) is 3. The van der Waals surface area contributed by atoms with Crippen molar-refractivity contribution in [3.8, 4) is 0 Å². The van der Waals surface area contributed by atoms with Crippen LogP contribution in [-0.2, 0) is 11.3 Å². The summed E-state index contributed by atoms with van der Waals surface area (Å²) in [6, 6.07) is 8.16. The molecule has 3 rings (SSSR count). The number of hydrazine groups is 1. The van der Waals surface area contributed by atoms with E-state index in [1.165, 1.54) is 22.6 Å². The zero-order valence-electron chi connectivity index (χ0n) is 12.2. The molecule has 116 valence electrons. The van der Waals surface area contributed by atoms with Crippen molar-refractivity contribution in [3.63, 3.8) is 0 Å². The fourth-order valence-corrected chi connectivity index (χ4v) is 3.46. The van der Waals surface area contributed by atoms with Crippen LogP contribution in [0, 0.1) is 18.7 Å². The molecule has 1 amide bonds. The second kappa shape index (κ2) is 6.56. The molecule has 1 fully saturated rings. The maximum absolute atomic E-state index is 13.0. The Balaban J connectivity index is 1.66. The van der Waals surface area contributed by atoms with Crippen molar-refractivity contribution in [2.24, 2.45) is 5.92 Å². The first-order valence-electron chi connectivity index (χ1n) is 7.19. The highest BCUT2D eigenvalue weighted by Gasteiger charge is 2.33. The number of aryl methyl sites for hydroxylation is 1. The summed E-state index contributed by atoms with van der Waals surface area (Å²) in [5.74, 6) is -0.491. The third-order valence-corrected chi connectivity index (χ3v) is 4.96. The van der Waals surface area contributed by atoms with Crippen LogP contribution >= 0.6 is 11.3 Å². The van der Waals surface area contributed by atoms with Crippen LogP contribution in [0.25, 0.3) is 0 Å². The van der Waals surface area contributed by atoms with E-state index in [-0.39, 0.29) is 23.7 Å². The number of rotatable bonds is 4. The van der Waals surface area contributed by atoms with Gasteiger partial charge in [0.05, 0.1) is 18.5 Å². The molecule has 22 heavy (non-hydrogen) atoms. The first kappa shape index (κ1) is 15.1. The third-order valence-electron chi connectivity index (χ3n) is 3.94. The number of amides is 1. The summed E-state index contributed by atoms with van der Waals surface area (Å²) in [4.78, 5) is 13.6. The van der Waals surface area contributed by atoms with E-state index >= 15 is 0 Å². The highest BCUT2D eigenvalue weighted by molar-refractivity contribution is 7.10. The molecule has 0 spiro atoms. The zero-order chi connectivity index (χ0) is 15.5. The minimum atomic E-state index is -0.274. The fourth-order valence-electron chi connectivity index (χ4n) is 2.61. The van der Waals surface area contributed by atoms with Crippen LogP contribution in [0.15, 0.2) is 35.7 Å². The quantitative estimate of drug-likeness (QED) is 0.810. The van der Waals surface area contributed by atoms with Gasteiger partial charge in [0.25, 0.3) is 0 Å². The molecule has 1 aromatic carbocycles. The molecule has 2 atom stereocenters. The number of halogens is 1. The number of carbonyl (C=O) groups is 1. The minimum Gasteiger partial charge on any atom is -0.351 e. The Hall–Kier alpha value is -1.76. The van der Waals surface area contributed by atoms with Gasteiger partial charge in [-0.25, -0.2) is 9.82 Å². The maximum Gasteiger partial charge on any atom is 0.226 e. The molecule has 1 aliphatic heterocycles. The molecule has 2 unspecified atom stereocenters. The average Bonchev–Trinajstić information content (AvgIpc) is 3.15. The lowest BCUT2D eigenvalue weighted by Gasteiger charge is -2.18. The summed E-state index contributed by atoms with van der Waals surface area (Å²) in [5.41, 5.74) is 8.22. The number of hydrogen-bond donors (Lipinski definition) is 3. The second-order valence-electron chi connectivity index (χ2n) is 5.41. The highest BCUT2D eigenvalue weighted by atomic mass is 32.1. The Bertz CT molecular complexity index is 656. The van der Waals surface area contributed by atoms with Gasteiger partial charge in [-0.05, 0) is 41.6 Å². The first-order chi connectivity index (χ1) is 10.6. The lowest BCUT2D eigenvalue weighted by Crippen LogP contribution is -2.34. The van der Waals surface area contributed by atoms with Gasteiger partial charge in [0, 0.05) is 11.4 Å². The molecule has 0 radical (unpaired) electrons. The average molecular weight is 319 g/mol. The van der Waals surface area contributed by atoms with Gasteiger partial charge in [-0.2, -0.15) is 0 Å². The molecule has 0 saturated carbocycles. The van der Waals surface area contributed by atoms with Gasteiger partial charge in [-0.3, -0.25) is 10.2 Å². The Kier molecular flexibility index (Phi) is 4.52. The predicted molar refractivity (Wildman–Crippen MR) is 84.7 cm³/mol. The number of hydrogen-bond acceptors (Lipinski definition) is 4. The standard InChI is InChI=1S/C16H18FN3OS/c1-10-6-7-22-14(10)9-18-16(21)13-8-19-20-15(13)11-2-4-12(17)5-3-11/h2-7,13,15,19-20H,8-9H2,1H3,(H,18,21). The van der Waals surface area contributed by atoms with E-state index in [4.69, 9.17) is 0 Å². The molecule has 3 N–H and O–H groups in total. The van der Waals surface area contributed by atoms with Crippen LogP contribution in [0.5, 0.6) is 0 Å². The van der Waals surface area contributed by atoms with E-state index in [2.05, 4.69) is 16.2 Å². The Morgan fingerprint density at radius 1 is 1.36 bits per heavy atom. The Labute approximate surface area is 132 Å². The van der Waals surface area contributed by atoms with Crippen molar-refractivity contribution in [2.45, 2.75) is 19.5 Å². The van der Waals surface area contributed by atoms with Crippen LogP contribution < -0.4 is 16.2 Å². The second-order valence-corrected chi connectivity index (χ2v) is 6.41. The highest BCUT2D eigenvalue weighted by Crippen LogP contribution is 2.25. The number of benzene rings is 1. The van der Waals surface area contributed by atoms with E-state index in [1.807, 2.05) is 18.4 Å². The van der Waals surface area contributed by atoms with Crippen molar-refractivity contribution in [3.05, 3.63) is 57.5 Å². The molecule has 2 aromatic rings. The van der Waals surface area contributed by atoms with Crippen LogP contribution in [0.4, 0.5) is 4.39 Å².